The second-order valence-electron chi connectivity index (χ2n) is 5.87. The normalized spacial score (nSPS) is 14.1. The smallest absolute Gasteiger partial charge is 0.258 e. The van der Waals surface area contributed by atoms with E-state index in [1.54, 1.807) is 37.6 Å². The van der Waals surface area contributed by atoms with Crippen LogP contribution in [-0.4, -0.2) is 35.3 Å². The van der Waals surface area contributed by atoms with Crippen molar-refractivity contribution in [2.45, 2.75) is 12.8 Å². The SMILES string of the molecule is COc1cc(-c2noc(-c3ccc(N4CCCC4)c(F)c3)n2)ccn1. The summed E-state index contributed by atoms with van der Waals surface area (Å²) in [5.41, 5.74) is 1.90. The van der Waals surface area contributed by atoms with Gasteiger partial charge in [0.1, 0.15) is 5.82 Å². The monoisotopic (exact) mass is 340 g/mol. The molecular weight excluding hydrogens is 323 g/mol. The molecule has 0 radical (unpaired) electrons. The van der Waals surface area contributed by atoms with E-state index in [4.69, 9.17) is 9.26 Å². The molecule has 1 aromatic carbocycles. The van der Waals surface area contributed by atoms with Gasteiger partial charge in [-0.15, -0.1) is 0 Å². The van der Waals surface area contributed by atoms with Crippen LogP contribution in [0.3, 0.4) is 0 Å². The van der Waals surface area contributed by atoms with E-state index in [1.165, 1.54) is 6.07 Å². The molecule has 0 saturated carbocycles. The second kappa shape index (κ2) is 6.51. The van der Waals surface area contributed by atoms with Gasteiger partial charge in [-0.25, -0.2) is 9.37 Å². The van der Waals surface area contributed by atoms with Crippen molar-refractivity contribution in [2.75, 3.05) is 25.1 Å². The molecular formula is C18H17FN4O2. The van der Waals surface area contributed by atoms with Crippen LogP contribution in [0.1, 0.15) is 12.8 Å². The summed E-state index contributed by atoms with van der Waals surface area (Å²) in [7, 11) is 1.54. The van der Waals surface area contributed by atoms with E-state index in [9.17, 15) is 4.39 Å². The molecule has 0 atom stereocenters. The maximum absolute atomic E-state index is 14.5. The molecule has 0 N–H and O–H groups in total. The van der Waals surface area contributed by atoms with E-state index in [1.807, 2.05) is 0 Å². The van der Waals surface area contributed by atoms with E-state index in [0.29, 0.717) is 23.0 Å². The first-order valence-electron chi connectivity index (χ1n) is 8.13. The van der Waals surface area contributed by atoms with E-state index in [0.717, 1.165) is 31.5 Å². The third-order valence-electron chi connectivity index (χ3n) is 4.27. The average Bonchev–Trinajstić information content (AvgIpc) is 3.33. The molecule has 0 aliphatic carbocycles. The first-order valence-corrected chi connectivity index (χ1v) is 8.13. The predicted octanol–water partition coefficient (Wildman–Crippen LogP) is 3.55. The molecule has 2 aromatic heterocycles. The van der Waals surface area contributed by atoms with Gasteiger partial charge in [0.25, 0.3) is 5.89 Å². The highest BCUT2D eigenvalue weighted by molar-refractivity contribution is 5.63. The maximum atomic E-state index is 14.5. The number of rotatable bonds is 4. The third-order valence-corrected chi connectivity index (χ3v) is 4.27. The molecule has 7 heteroatoms. The van der Waals surface area contributed by atoms with Crippen molar-refractivity contribution in [3.63, 3.8) is 0 Å². The minimum atomic E-state index is -0.273. The van der Waals surface area contributed by atoms with Gasteiger partial charge in [0, 0.05) is 36.5 Å². The lowest BCUT2D eigenvalue weighted by molar-refractivity contribution is 0.398. The summed E-state index contributed by atoms with van der Waals surface area (Å²) >= 11 is 0. The topological polar surface area (TPSA) is 64.3 Å². The number of aromatic nitrogens is 3. The molecule has 1 aliphatic rings. The number of benzene rings is 1. The van der Waals surface area contributed by atoms with Crippen LogP contribution in [0.5, 0.6) is 5.88 Å². The van der Waals surface area contributed by atoms with Crippen molar-refractivity contribution in [1.82, 2.24) is 15.1 Å². The number of methoxy groups -OCH3 is 1. The van der Waals surface area contributed by atoms with Crippen LogP contribution in [0.4, 0.5) is 10.1 Å². The number of nitrogens with zero attached hydrogens (tertiary/aromatic N) is 4. The largest absolute Gasteiger partial charge is 0.481 e. The Balaban J connectivity index is 1.62. The molecule has 0 unspecified atom stereocenters. The summed E-state index contributed by atoms with van der Waals surface area (Å²) in [5.74, 6) is 0.868. The first kappa shape index (κ1) is 15.6. The van der Waals surface area contributed by atoms with Gasteiger partial charge >= 0.3 is 0 Å². The number of anilines is 1. The van der Waals surface area contributed by atoms with E-state index < -0.39 is 0 Å². The number of halogens is 1. The van der Waals surface area contributed by atoms with Crippen LogP contribution in [0.15, 0.2) is 41.1 Å². The molecule has 0 amide bonds. The highest BCUT2D eigenvalue weighted by Crippen LogP contribution is 2.29. The Morgan fingerprint density at radius 1 is 1.12 bits per heavy atom. The quantitative estimate of drug-likeness (QED) is 0.724. The highest BCUT2D eigenvalue weighted by atomic mass is 19.1. The number of hydrogen-bond acceptors (Lipinski definition) is 6. The van der Waals surface area contributed by atoms with Gasteiger partial charge in [0.15, 0.2) is 0 Å². The van der Waals surface area contributed by atoms with Gasteiger partial charge in [0.2, 0.25) is 11.7 Å². The summed E-state index contributed by atoms with van der Waals surface area (Å²) in [6.45, 7) is 1.79. The zero-order valence-corrected chi connectivity index (χ0v) is 13.8. The van der Waals surface area contributed by atoms with Gasteiger partial charge < -0.3 is 14.2 Å². The highest BCUT2D eigenvalue weighted by Gasteiger charge is 2.18. The minimum Gasteiger partial charge on any atom is -0.481 e. The number of hydrogen-bond donors (Lipinski definition) is 0. The van der Waals surface area contributed by atoms with Crippen molar-refractivity contribution >= 4 is 5.69 Å². The van der Waals surface area contributed by atoms with E-state index in [-0.39, 0.29) is 11.7 Å². The predicted molar refractivity (Wildman–Crippen MR) is 90.9 cm³/mol. The molecule has 4 rings (SSSR count). The first-order chi connectivity index (χ1) is 12.2. The van der Waals surface area contributed by atoms with Crippen molar-refractivity contribution in [3.05, 3.63) is 42.3 Å². The van der Waals surface area contributed by atoms with Gasteiger partial charge in [-0.05, 0) is 37.1 Å². The molecule has 1 aliphatic heterocycles. The second-order valence-corrected chi connectivity index (χ2v) is 5.87. The summed E-state index contributed by atoms with van der Waals surface area (Å²) in [5, 5.41) is 3.97. The molecule has 0 spiro atoms. The van der Waals surface area contributed by atoms with E-state index >= 15 is 0 Å². The molecule has 6 nitrogen and oxygen atoms in total. The molecule has 128 valence electrons. The van der Waals surface area contributed by atoms with Gasteiger partial charge in [-0.1, -0.05) is 5.16 Å². The fraction of sp³-hybridized carbons (Fsp3) is 0.278. The van der Waals surface area contributed by atoms with Gasteiger partial charge in [-0.2, -0.15) is 4.98 Å². The maximum Gasteiger partial charge on any atom is 0.258 e. The fourth-order valence-corrected chi connectivity index (χ4v) is 2.97. The van der Waals surface area contributed by atoms with Crippen LogP contribution in [0, 0.1) is 5.82 Å². The molecule has 1 saturated heterocycles. The van der Waals surface area contributed by atoms with Crippen molar-refractivity contribution < 1.29 is 13.7 Å². The Kier molecular flexibility index (Phi) is 4.05. The zero-order chi connectivity index (χ0) is 17.2. The summed E-state index contributed by atoms with van der Waals surface area (Å²) in [6, 6.07) is 8.49. The number of ether oxygens (including phenoxy) is 1. The Morgan fingerprint density at radius 2 is 1.96 bits per heavy atom. The van der Waals surface area contributed by atoms with Crippen molar-refractivity contribution in [2.24, 2.45) is 0 Å². The van der Waals surface area contributed by atoms with Crippen molar-refractivity contribution in [3.8, 4) is 28.7 Å². The standard InChI is InChI=1S/C18H17FN4O2/c1-24-16-11-12(6-7-20-16)17-21-18(25-22-17)13-4-5-15(14(19)10-13)23-8-2-3-9-23/h4-7,10-11H,2-3,8-9H2,1H3. The van der Waals surface area contributed by atoms with Crippen LogP contribution in [0.2, 0.25) is 0 Å². The zero-order valence-electron chi connectivity index (χ0n) is 13.8. The molecule has 3 aromatic rings. The molecule has 1 fully saturated rings. The summed E-state index contributed by atoms with van der Waals surface area (Å²) in [6.07, 6.45) is 3.81. The molecule has 25 heavy (non-hydrogen) atoms. The number of pyridine rings is 1. The Bertz CT molecular complexity index is 890. The minimum absolute atomic E-state index is 0.273. The third kappa shape index (κ3) is 3.05. The Hall–Kier alpha value is -2.96. The molecule has 3 heterocycles. The van der Waals surface area contributed by atoms with Crippen LogP contribution < -0.4 is 9.64 Å². The van der Waals surface area contributed by atoms with Crippen LogP contribution >= 0.6 is 0 Å². The van der Waals surface area contributed by atoms with Gasteiger partial charge in [0.05, 0.1) is 12.8 Å². The lowest BCUT2D eigenvalue weighted by Gasteiger charge is -2.18. The van der Waals surface area contributed by atoms with Gasteiger partial charge in [-0.3, -0.25) is 0 Å². The Morgan fingerprint density at radius 3 is 2.72 bits per heavy atom. The Labute approximate surface area is 144 Å². The van der Waals surface area contributed by atoms with Crippen molar-refractivity contribution in [1.29, 1.82) is 0 Å². The molecule has 0 bridgehead atoms. The summed E-state index contributed by atoms with van der Waals surface area (Å²) < 4.78 is 24.9. The van der Waals surface area contributed by atoms with Crippen LogP contribution in [0.25, 0.3) is 22.8 Å². The van der Waals surface area contributed by atoms with E-state index in [2.05, 4.69) is 20.0 Å². The lowest BCUT2D eigenvalue weighted by Crippen LogP contribution is -2.18. The van der Waals surface area contributed by atoms with Crippen LogP contribution in [-0.2, 0) is 0 Å². The summed E-state index contributed by atoms with van der Waals surface area (Å²) in [4.78, 5) is 10.5. The lowest BCUT2D eigenvalue weighted by atomic mass is 10.2. The fourth-order valence-electron chi connectivity index (χ4n) is 2.97. The average molecular weight is 340 g/mol.